The highest BCUT2D eigenvalue weighted by atomic mass is 35.5. The number of nitrogens with zero attached hydrogens (tertiary/aromatic N) is 1. The van der Waals surface area contributed by atoms with Gasteiger partial charge in [-0.05, 0) is 36.6 Å². The van der Waals surface area contributed by atoms with Gasteiger partial charge in [-0.25, -0.2) is 0 Å². The normalized spacial score (nSPS) is 15.6. The summed E-state index contributed by atoms with van der Waals surface area (Å²) in [7, 11) is 0. The van der Waals surface area contributed by atoms with Gasteiger partial charge in [0.2, 0.25) is 5.91 Å². The Bertz CT molecular complexity index is 524. The van der Waals surface area contributed by atoms with Gasteiger partial charge in [0, 0.05) is 36.6 Å². The first-order valence-electron chi connectivity index (χ1n) is 7.78. The Hall–Kier alpha value is -1.39. The number of carbonyl (C=O) groups is 2. The molecule has 1 saturated heterocycles. The molecular formula is C17H23ClN2O2. The van der Waals surface area contributed by atoms with Crippen LogP contribution >= 0.6 is 11.6 Å². The van der Waals surface area contributed by atoms with Crippen molar-refractivity contribution < 1.29 is 9.59 Å². The van der Waals surface area contributed by atoms with Crippen LogP contribution in [0.1, 0.15) is 37.0 Å². The first-order chi connectivity index (χ1) is 10.5. The van der Waals surface area contributed by atoms with Crippen molar-refractivity contribution in [1.82, 2.24) is 10.2 Å². The Kier molecular flexibility index (Phi) is 5.98. The predicted octanol–water partition coefficient (Wildman–Crippen LogP) is 2.76. The van der Waals surface area contributed by atoms with E-state index in [9.17, 15) is 9.59 Å². The molecule has 0 aromatic heterocycles. The Morgan fingerprint density at radius 1 is 1.23 bits per heavy atom. The van der Waals surface area contributed by atoms with E-state index in [1.165, 1.54) is 0 Å². The van der Waals surface area contributed by atoms with E-state index < -0.39 is 0 Å². The summed E-state index contributed by atoms with van der Waals surface area (Å²) in [4.78, 5) is 26.7. The number of nitrogens with one attached hydrogen (secondary N) is 1. The number of hydrogen-bond donors (Lipinski definition) is 1. The summed E-state index contributed by atoms with van der Waals surface area (Å²) in [6.45, 7) is 6.68. The van der Waals surface area contributed by atoms with Gasteiger partial charge in [-0.2, -0.15) is 0 Å². The molecule has 1 aromatic rings. The van der Waals surface area contributed by atoms with E-state index in [1.54, 1.807) is 24.3 Å². The van der Waals surface area contributed by atoms with Gasteiger partial charge >= 0.3 is 0 Å². The van der Waals surface area contributed by atoms with Crippen LogP contribution in [-0.4, -0.2) is 42.3 Å². The fourth-order valence-electron chi connectivity index (χ4n) is 2.29. The minimum Gasteiger partial charge on any atom is -0.355 e. The molecule has 0 spiro atoms. The van der Waals surface area contributed by atoms with Crippen molar-refractivity contribution in [2.75, 3.05) is 19.6 Å². The molecule has 1 fully saturated rings. The molecule has 0 aliphatic carbocycles. The van der Waals surface area contributed by atoms with E-state index in [1.807, 2.05) is 4.90 Å². The lowest BCUT2D eigenvalue weighted by Gasteiger charge is -2.17. The van der Waals surface area contributed by atoms with Crippen LogP contribution in [0.5, 0.6) is 0 Å². The second-order valence-corrected chi connectivity index (χ2v) is 6.60. The van der Waals surface area contributed by atoms with Crippen LogP contribution < -0.4 is 5.32 Å². The van der Waals surface area contributed by atoms with Crippen LogP contribution in [0, 0.1) is 5.92 Å². The number of hydrogen-bond acceptors (Lipinski definition) is 3. The maximum Gasteiger partial charge on any atom is 0.237 e. The quantitative estimate of drug-likeness (QED) is 0.591. The van der Waals surface area contributed by atoms with Crippen molar-refractivity contribution in [1.29, 1.82) is 0 Å². The largest absolute Gasteiger partial charge is 0.355 e. The molecule has 0 saturated carbocycles. The molecule has 22 heavy (non-hydrogen) atoms. The number of halogens is 1. The SMILES string of the molecule is CC(C)CCNC(=O)C(CC(=O)c1ccc(Cl)cc1)N1CC1. The van der Waals surface area contributed by atoms with E-state index >= 15 is 0 Å². The first kappa shape index (κ1) is 17.0. The number of ketones is 1. The van der Waals surface area contributed by atoms with Gasteiger partial charge in [-0.3, -0.25) is 14.5 Å². The zero-order valence-electron chi connectivity index (χ0n) is 13.1. The molecule has 1 aliphatic rings. The van der Waals surface area contributed by atoms with Crippen LogP contribution in [0.15, 0.2) is 24.3 Å². The fourth-order valence-corrected chi connectivity index (χ4v) is 2.41. The molecule has 120 valence electrons. The van der Waals surface area contributed by atoms with Gasteiger partial charge in [-0.15, -0.1) is 0 Å². The van der Waals surface area contributed by atoms with Gasteiger partial charge in [0.15, 0.2) is 5.78 Å². The minimum atomic E-state index is -0.352. The van der Waals surface area contributed by atoms with Gasteiger partial charge in [0.1, 0.15) is 0 Å². The zero-order chi connectivity index (χ0) is 16.1. The summed E-state index contributed by atoms with van der Waals surface area (Å²) >= 11 is 5.83. The molecule has 1 heterocycles. The van der Waals surface area contributed by atoms with E-state index in [4.69, 9.17) is 11.6 Å². The maximum atomic E-state index is 12.3. The number of amides is 1. The number of carbonyl (C=O) groups excluding carboxylic acids is 2. The van der Waals surface area contributed by atoms with Gasteiger partial charge in [0.05, 0.1) is 6.04 Å². The highest BCUT2D eigenvalue weighted by molar-refractivity contribution is 6.30. The molecule has 0 bridgehead atoms. The lowest BCUT2D eigenvalue weighted by molar-refractivity contribution is -0.124. The van der Waals surface area contributed by atoms with E-state index in [0.717, 1.165) is 19.5 Å². The molecule has 1 aromatic carbocycles. The molecule has 1 unspecified atom stereocenters. The molecule has 1 N–H and O–H groups in total. The molecule has 0 radical (unpaired) electrons. The second kappa shape index (κ2) is 7.75. The van der Waals surface area contributed by atoms with Gasteiger partial charge in [-0.1, -0.05) is 25.4 Å². The highest BCUT2D eigenvalue weighted by Crippen LogP contribution is 2.18. The second-order valence-electron chi connectivity index (χ2n) is 6.16. The lowest BCUT2D eigenvalue weighted by Crippen LogP contribution is -2.41. The number of benzene rings is 1. The van der Waals surface area contributed by atoms with Crippen LogP contribution in [0.4, 0.5) is 0 Å². The van der Waals surface area contributed by atoms with Gasteiger partial charge in [0.25, 0.3) is 0 Å². The van der Waals surface area contributed by atoms with Crippen LogP contribution in [0.2, 0.25) is 5.02 Å². The van der Waals surface area contributed by atoms with E-state index in [0.29, 0.717) is 23.0 Å². The van der Waals surface area contributed by atoms with Crippen LogP contribution in [0.3, 0.4) is 0 Å². The van der Waals surface area contributed by atoms with Crippen molar-refractivity contribution in [2.45, 2.75) is 32.7 Å². The Labute approximate surface area is 136 Å². The van der Waals surface area contributed by atoms with E-state index in [-0.39, 0.29) is 24.2 Å². The van der Waals surface area contributed by atoms with Crippen molar-refractivity contribution in [3.8, 4) is 0 Å². The van der Waals surface area contributed by atoms with Gasteiger partial charge < -0.3 is 5.32 Å². The van der Waals surface area contributed by atoms with E-state index in [2.05, 4.69) is 19.2 Å². The summed E-state index contributed by atoms with van der Waals surface area (Å²) in [5.74, 6) is 0.490. The Balaban J connectivity index is 1.92. The molecule has 5 heteroatoms. The topological polar surface area (TPSA) is 49.2 Å². The average molecular weight is 323 g/mol. The fraction of sp³-hybridized carbons (Fsp3) is 0.529. The summed E-state index contributed by atoms with van der Waals surface area (Å²) in [6, 6.07) is 6.46. The van der Waals surface area contributed by atoms with Crippen LogP contribution in [-0.2, 0) is 4.79 Å². The lowest BCUT2D eigenvalue weighted by atomic mass is 10.0. The summed E-state index contributed by atoms with van der Waals surface area (Å²) in [5, 5.41) is 3.55. The van der Waals surface area contributed by atoms with Crippen molar-refractivity contribution in [3.05, 3.63) is 34.9 Å². The van der Waals surface area contributed by atoms with Crippen molar-refractivity contribution in [2.24, 2.45) is 5.92 Å². The summed E-state index contributed by atoms with van der Waals surface area (Å²) in [5.41, 5.74) is 0.603. The number of Topliss-reactive ketones (excluding diaryl/α,β-unsaturated/α-hetero) is 1. The molecule has 1 atom stereocenters. The molecule has 4 nitrogen and oxygen atoms in total. The van der Waals surface area contributed by atoms with Crippen molar-refractivity contribution >= 4 is 23.3 Å². The third kappa shape index (κ3) is 5.11. The van der Waals surface area contributed by atoms with Crippen molar-refractivity contribution in [3.63, 3.8) is 0 Å². The average Bonchev–Trinajstić information content (AvgIpc) is 3.29. The monoisotopic (exact) mass is 322 g/mol. The minimum absolute atomic E-state index is 0.0208. The zero-order valence-corrected chi connectivity index (χ0v) is 13.9. The standard InChI is InChI=1S/C17H23ClN2O2/c1-12(2)7-8-19-17(22)15(20-9-10-20)11-16(21)13-3-5-14(18)6-4-13/h3-6,12,15H,7-11H2,1-2H3,(H,19,22). The smallest absolute Gasteiger partial charge is 0.237 e. The number of rotatable bonds is 8. The third-order valence-corrected chi connectivity index (χ3v) is 4.04. The predicted molar refractivity (Wildman–Crippen MR) is 88.2 cm³/mol. The maximum absolute atomic E-state index is 12.3. The van der Waals surface area contributed by atoms with Crippen LogP contribution in [0.25, 0.3) is 0 Å². The molecule has 1 amide bonds. The Morgan fingerprint density at radius 2 is 1.86 bits per heavy atom. The highest BCUT2D eigenvalue weighted by Gasteiger charge is 2.34. The molecule has 2 rings (SSSR count). The Morgan fingerprint density at radius 3 is 2.41 bits per heavy atom. The molecular weight excluding hydrogens is 300 g/mol. The summed E-state index contributed by atoms with van der Waals surface area (Å²) < 4.78 is 0. The third-order valence-electron chi connectivity index (χ3n) is 3.79. The first-order valence-corrected chi connectivity index (χ1v) is 8.15. The molecule has 1 aliphatic heterocycles. The summed E-state index contributed by atoms with van der Waals surface area (Å²) in [6.07, 6.45) is 1.17.